The zero-order valence-electron chi connectivity index (χ0n) is 11.5. The average Bonchev–Trinajstić information content (AvgIpc) is 2.59. The van der Waals surface area contributed by atoms with Crippen LogP contribution >= 0.6 is 11.6 Å². The van der Waals surface area contributed by atoms with Crippen molar-refractivity contribution in [1.82, 2.24) is 4.57 Å². The summed E-state index contributed by atoms with van der Waals surface area (Å²) in [4.78, 5) is 10.6. The van der Waals surface area contributed by atoms with Crippen LogP contribution in [0.15, 0.2) is 12.1 Å². The molecule has 4 heteroatoms. The number of aromatic nitrogens is 1. The van der Waals surface area contributed by atoms with Crippen molar-refractivity contribution in [2.75, 3.05) is 0 Å². The van der Waals surface area contributed by atoms with Gasteiger partial charge in [0.25, 0.3) is 0 Å². The van der Waals surface area contributed by atoms with Crippen molar-refractivity contribution in [3.63, 3.8) is 0 Å². The Morgan fingerprint density at radius 1 is 1.37 bits per heavy atom. The first kappa shape index (κ1) is 13.9. The van der Waals surface area contributed by atoms with Gasteiger partial charge in [-0.05, 0) is 43.9 Å². The Morgan fingerprint density at radius 3 is 2.68 bits per heavy atom. The lowest BCUT2D eigenvalue weighted by atomic mass is 10.0. The van der Waals surface area contributed by atoms with Gasteiger partial charge in [0.05, 0.1) is 5.52 Å². The molecule has 1 aromatic carbocycles. The minimum atomic E-state index is -0.739. The SMILES string of the molecule is Cc1c(Cl)ccc2c(CCCC(=O)O)c(C)n(C)c12. The third kappa shape index (κ3) is 2.47. The van der Waals surface area contributed by atoms with Crippen molar-refractivity contribution in [1.29, 1.82) is 0 Å². The Kier molecular flexibility index (Phi) is 3.85. The molecule has 0 aliphatic carbocycles. The Labute approximate surface area is 117 Å². The Morgan fingerprint density at radius 2 is 2.05 bits per heavy atom. The molecule has 1 N–H and O–H groups in total. The number of hydrogen-bond acceptors (Lipinski definition) is 1. The molecule has 1 aromatic heterocycles. The van der Waals surface area contributed by atoms with Gasteiger partial charge in [-0.1, -0.05) is 17.7 Å². The maximum Gasteiger partial charge on any atom is 0.303 e. The Bertz CT molecular complexity index is 643. The highest BCUT2D eigenvalue weighted by Crippen LogP contribution is 2.32. The molecule has 102 valence electrons. The molecule has 2 aromatic rings. The normalized spacial score (nSPS) is 11.2. The molecular weight excluding hydrogens is 262 g/mol. The lowest BCUT2D eigenvalue weighted by molar-refractivity contribution is -0.137. The van der Waals surface area contributed by atoms with E-state index in [0.717, 1.165) is 22.5 Å². The zero-order chi connectivity index (χ0) is 14.2. The summed E-state index contributed by atoms with van der Waals surface area (Å²) in [5.74, 6) is -0.739. The summed E-state index contributed by atoms with van der Waals surface area (Å²) >= 11 is 6.18. The molecule has 0 amide bonds. The minimum absolute atomic E-state index is 0.211. The predicted octanol–water partition coefficient (Wildman–Crippen LogP) is 3.86. The van der Waals surface area contributed by atoms with E-state index < -0.39 is 5.97 Å². The molecule has 0 saturated carbocycles. The third-order valence-electron chi connectivity index (χ3n) is 3.78. The number of rotatable bonds is 4. The number of benzene rings is 1. The molecule has 1 heterocycles. The van der Waals surface area contributed by atoms with Crippen molar-refractivity contribution >= 4 is 28.5 Å². The molecule has 0 aliphatic rings. The maximum absolute atomic E-state index is 10.6. The van der Waals surface area contributed by atoms with Crippen molar-refractivity contribution in [2.45, 2.75) is 33.1 Å². The summed E-state index contributed by atoms with van der Waals surface area (Å²) in [6, 6.07) is 3.95. The van der Waals surface area contributed by atoms with Crippen molar-refractivity contribution in [3.05, 3.63) is 34.0 Å². The first-order chi connectivity index (χ1) is 8.93. The van der Waals surface area contributed by atoms with Crippen LogP contribution in [0.1, 0.15) is 29.7 Å². The van der Waals surface area contributed by atoms with E-state index in [4.69, 9.17) is 16.7 Å². The molecular formula is C15H18ClNO2. The molecule has 0 bridgehead atoms. The lowest BCUT2D eigenvalue weighted by Gasteiger charge is -2.03. The van der Waals surface area contributed by atoms with Gasteiger partial charge in [-0.15, -0.1) is 0 Å². The van der Waals surface area contributed by atoms with Gasteiger partial charge < -0.3 is 9.67 Å². The maximum atomic E-state index is 10.6. The first-order valence-electron chi connectivity index (χ1n) is 6.38. The summed E-state index contributed by atoms with van der Waals surface area (Å²) in [5.41, 5.74) is 4.65. The van der Waals surface area contributed by atoms with Crippen LogP contribution in [-0.2, 0) is 18.3 Å². The smallest absolute Gasteiger partial charge is 0.303 e. The number of fused-ring (bicyclic) bond motifs is 1. The van der Waals surface area contributed by atoms with E-state index in [2.05, 4.69) is 11.5 Å². The van der Waals surface area contributed by atoms with Gasteiger partial charge in [0.2, 0.25) is 0 Å². The monoisotopic (exact) mass is 279 g/mol. The fraction of sp³-hybridized carbons (Fsp3) is 0.400. The van der Waals surface area contributed by atoms with E-state index in [1.165, 1.54) is 16.6 Å². The molecule has 2 rings (SSSR count). The molecule has 3 nitrogen and oxygen atoms in total. The summed E-state index contributed by atoms with van der Waals surface area (Å²) in [5, 5.41) is 10.7. The van der Waals surface area contributed by atoms with E-state index in [0.29, 0.717) is 6.42 Å². The van der Waals surface area contributed by atoms with E-state index >= 15 is 0 Å². The second-order valence-electron chi connectivity index (χ2n) is 4.94. The second kappa shape index (κ2) is 5.25. The molecule has 19 heavy (non-hydrogen) atoms. The molecule has 0 saturated heterocycles. The van der Waals surface area contributed by atoms with Crippen LogP contribution in [0.3, 0.4) is 0 Å². The number of hydrogen-bond donors (Lipinski definition) is 1. The first-order valence-corrected chi connectivity index (χ1v) is 6.76. The topological polar surface area (TPSA) is 42.2 Å². The predicted molar refractivity (Wildman–Crippen MR) is 78.0 cm³/mol. The van der Waals surface area contributed by atoms with Crippen LogP contribution < -0.4 is 0 Å². The fourth-order valence-electron chi connectivity index (χ4n) is 2.65. The second-order valence-corrected chi connectivity index (χ2v) is 5.35. The van der Waals surface area contributed by atoms with Crippen molar-refractivity contribution in [3.8, 4) is 0 Å². The van der Waals surface area contributed by atoms with Crippen LogP contribution in [0.5, 0.6) is 0 Å². The highest BCUT2D eigenvalue weighted by molar-refractivity contribution is 6.32. The Balaban J connectivity index is 2.47. The Hall–Kier alpha value is -1.48. The van der Waals surface area contributed by atoms with Crippen molar-refractivity contribution in [2.24, 2.45) is 7.05 Å². The number of aliphatic carboxylic acids is 1. The van der Waals surface area contributed by atoms with Gasteiger partial charge in [-0.25, -0.2) is 0 Å². The van der Waals surface area contributed by atoms with Crippen LogP contribution in [0, 0.1) is 13.8 Å². The summed E-state index contributed by atoms with van der Waals surface area (Å²) in [7, 11) is 2.03. The number of nitrogens with zero attached hydrogens (tertiary/aromatic N) is 1. The van der Waals surface area contributed by atoms with Gasteiger partial charge in [0.1, 0.15) is 0 Å². The van der Waals surface area contributed by atoms with Crippen LogP contribution in [-0.4, -0.2) is 15.6 Å². The average molecular weight is 280 g/mol. The molecule has 0 spiro atoms. The largest absolute Gasteiger partial charge is 0.481 e. The van der Waals surface area contributed by atoms with Crippen molar-refractivity contribution < 1.29 is 9.90 Å². The summed E-state index contributed by atoms with van der Waals surface area (Å²) in [6.07, 6.45) is 1.66. The van der Waals surface area contributed by atoms with Gasteiger partial charge >= 0.3 is 5.97 Å². The van der Waals surface area contributed by atoms with Crippen LogP contribution in [0.2, 0.25) is 5.02 Å². The number of carboxylic acid groups (broad SMARTS) is 1. The summed E-state index contributed by atoms with van der Waals surface area (Å²) < 4.78 is 2.15. The quantitative estimate of drug-likeness (QED) is 0.923. The molecule has 0 aliphatic heterocycles. The lowest BCUT2D eigenvalue weighted by Crippen LogP contribution is -1.97. The zero-order valence-corrected chi connectivity index (χ0v) is 12.2. The van der Waals surface area contributed by atoms with Gasteiger partial charge in [-0.3, -0.25) is 4.79 Å². The van der Waals surface area contributed by atoms with Gasteiger partial charge in [0.15, 0.2) is 0 Å². The van der Waals surface area contributed by atoms with E-state index in [1.807, 2.05) is 26.1 Å². The van der Waals surface area contributed by atoms with Gasteiger partial charge in [0, 0.05) is 29.6 Å². The standard InChI is InChI=1S/C15H18ClNO2/c1-9-13(16)8-7-12-11(5-4-6-14(18)19)10(2)17(3)15(9)12/h7-8H,4-6H2,1-3H3,(H,18,19). The minimum Gasteiger partial charge on any atom is -0.481 e. The highest BCUT2D eigenvalue weighted by Gasteiger charge is 2.15. The number of aryl methyl sites for hydroxylation is 3. The summed E-state index contributed by atoms with van der Waals surface area (Å²) in [6.45, 7) is 4.09. The number of halogens is 1. The van der Waals surface area contributed by atoms with E-state index in [1.54, 1.807) is 0 Å². The third-order valence-corrected chi connectivity index (χ3v) is 4.19. The van der Waals surface area contributed by atoms with E-state index in [-0.39, 0.29) is 6.42 Å². The molecule has 0 fully saturated rings. The molecule has 0 radical (unpaired) electrons. The van der Waals surface area contributed by atoms with Crippen LogP contribution in [0.4, 0.5) is 0 Å². The van der Waals surface area contributed by atoms with E-state index in [9.17, 15) is 4.79 Å². The van der Waals surface area contributed by atoms with Crippen LogP contribution in [0.25, 0.3) is 10.9 Å². The fourth-order valence-corrected chi connectivity index (χ4v) is 2.80. The highest BCUT2D eigenvalue weighted by atomic mass is 35.5. The number of carbonyl (C=O) groups is 1. The molecule has 0 atom stereocenters. The molecule has 0 unspecified atom stereocenters. The van der Waals surface area contributed by atoms with Gasteiger partial charge in [-0.2, -0.15) is 0 Å². The number of carboxylic acids is 1.